The highest BCUT2D eigenvalue weighted by Gasteiger charge is 2.25. The van der Waals surface area contributed by atoms with Crippen molar-refractivity contribution >= 4 is 23.2 Å². The van der Waals surface area contributed by atoms with Gasteiger partial charge in [0.2, 0.25) is 0 Å². The lowest BCUT2D eigenvalue weighted by Gasteiger charge is -2.16. The fourth-order valence-electron chi connectivity index (χ4n) is 1.24. The Hall–Kier alpha value is -1.83. The zero-order valence-corrected chi connectivity index (χ0v) is 9.90. The molecule has 1 heterocycles. The molecule has 6 nitrogen and oxygen atoms in total. The number of pyridine rings is 1. The number of halogens is 3. The maximum absolute atomic E-state index is 12.1. The van der Waals surface area contributed by atoms with E-state index in [1.807, 2.05) is 0 Å². The molecule has 0 aliphatic carbocycles. The van der Waals surface area contributed by atoms with Crippen molar-refractivity contribution in [2.75, 3.05) is 13.6 Å². The molecule has 0 aliphatic heterocycles. The molecule has 0 unspecified atom stereocenters. The highest BCUT2D eigenvalue weighted by atomic mass is 35.5. The molecule has 18 heavy (non-hydrogen) atoms. The summed E-state index contributed by atoms with van der Waals surface area (Å²) in [7, 11) is 1.12. The third kappa shape index (κ3) is 3.33. The van der Waals surface area contributed by atoms with Crippen LogP contribution in [-0.2, 0) is 0 Å². The third-order valence-electron chi connectivity index (χ3n) is 2.04. The minimum absolute atomic E-state index is 0.130. The van der Waals surface area contributed by atoms with E-state index >= 15 is 0 Å². The quantitative estimate of drug-likeness (QED) is 0.480. The zero-order chi connectivity index (χ0) is 13.9. The van der Waals surface area contributed by atoms with Gasteiger partial charge in [-0.25, -0.2) is 13.8 Å². The van der Waals surface area contributed by atoms with Crippen molar-refractivity contribution < 1.29 is 18.5 Å². The molecule has 0 bridgehead atoms. The van der Waals surface area contributed by atoms with Crippen molar-refractivity contribution in [2.24, 2.45) is 0 Å². The van der Waals surface area contributed by atoms with Crippen molar-refractivity contribution in [3.05, 3.63) is 33.1 Å². The van der Waals surface area contributed by atoms with E-state index in [1.165, 1.54) is 0 Å². The molecule has 0 radical (unpaired) electrons. The molecule has 0 saturated heterocycles. The van der Waals surface area contributed by atoms with Crippen LogP contribution in [0.15, 0.2) is 12.3 Å². The summed E-state index contributed by atoms with van der Waals surface area (Å²) in [5.74, 6) is -0.911. The molecule has 1 aromatic rings. The van der Waals surface area contributed by atoms with Crippen LogP contribution in [0.5, 0.6) is 0 Å². The molecule has 0 fully saturated rings. The minimum Gasteiger partial charge on any atom is -0.336 e. The lowest BCUT2D eigenvalue weighted by Crippen LogP contribution is -2.31. The maximum Gasteiger partial charge on any atom is 0.300 e. The van der Waals surface area contributed by atoms with Crippen LogP contribution in [0, 0.1) is 10.1 Å². The normalized spacial score (nSPS) is 10.5. The fourth-order valence-corrected chi connectivity index (χ4v) is 1.39. The largest absolute Gasteiger partial charge is 0.336 e. The number of nitro groups is 1. The number of amides is 1. The molecule has 0 saturated carbocycles. The van der Waals surface area contributed by atoms with Gasteiger partial charge in [0.1, 0.15) is 16.9 Å². The van der Waals surface area contributed by atoms with Crippen LogP contribution >= 0.6 is 11.6 Å². The monoisotopic (exact) mass is 279 g/mol. The van der Waals surface area contributed by atoms with Crippen LogP contribution in [0.2, 0.25) is 5.15 Å². The standard InChI is InChI=1S/C9H8ClF2N3O3/c1-14(4-8(11)12)9(16)5-2-7(10)13-3-6(5)15(17)18/h2-3,8H,4H2,1H3. The van der Waals surface area contributed by atoms with Gasteiger partial charge in [-0.1, -0.05) is 11.6 Å². The van der Waals surface area contributed by atoms with Gasteiger partial charge in [0.15, 0.2) is 0 Å². The van der Waals surface area contributed by atoms with Crippen LogP contribution in [-0.4, -0.2) is 40.7 Å². The van der Waals surface area contributed by atoms with E-state index in [1.54, 1.807) is 0 Å². The van der Waals surface area contributed by atoms with Gasteiger partial charge in [0.25, 0.3) is 18.0 Å². The Balaban J connectivity index is 3.11. The lowest BCUT2D eigenvalue weighted by molar-refractivity contribution is -0.385. The van der Waals surface area contributed by atoms with Crippen LogP contribution in [0.25, 0.3) is 0 Å². The second kappa shape index (κ2) is 5.67. The van der Waals surface area contributed by atoms with Crippen LogP contribution in [0.1, 0.15) is 10.4 Å². The molecular formula is C9H8ClF2N3O3. The molecule has 1 aromatic heterocycles. The number of hydrogen-bond donors (Lipinski definition) is 0. The lowest BCUT2D eigenvalue weighted by atomic mass is 10.2. The SMILES string of the molecule is CN(CC(F)F)C(=O)c1cc(Cl)ncc1[N+](=O)[O-]. The van der Waals surface area contributed by atoms with E-state index in [0.717, 1.165) is 19.3 Å². The Morgan fingerprint density at radius 3 is 2.78 bits per heavy atom. The van der Waals surface area contributed by atoms with Gasteiger partial charge in [-0.05, 0) is 6.07 Å². The summed E-state index contributed by atoms with van der Waals surface area (Å²) in [6.45, 7) is -0.823. The molecule has 0 N–H and O–H groups in total. The molecule has 98 valence electrons. The number of carbonyl (C=O) groups excluding carboxylic acids is 1. The van der Waals surface area contributed by atoms with Gasteiger partial charge >= 0.3 is 0 Å². The number of rotatable bonds is 4. The van der Waals surface area contributed by atoms with Crippen molar-refractivity contribution in [3.8, 4) is 0 Å². The molecule has 0 spiro atoms. The van der Waals surface area contributed by atoms with E-state index in [2.05, 4.69) is 4.98 Å². The minimum atomic E-state index is -2.73. The molecule has 0 aliphatic rings. The number of hydrogen-bond acceptors (Lipinski definition) is 4. The van der Waals surface area contributed by atoms with Gasteiger partial charge in [-0.15, -0.1) is 0 Å². The van der Waals surface area contributed by atoms with E-state index in [9.17, 15) is 23.7 Å². The van der Waals surface area contributed by atoms with Crippen LogP contribution in [0.3, 0.4) is 0 Å². The Bertz CT molecular complexity index is 484. The maximum atomic E-state index is 12.1. The summed E-state index contributed by atoms with van der Waals surface area (Å²) >= 11 is 5.52. The summed E-state index contributed by atoms with van der Waals surface area (Å²) in [5, 5.41) is 10.6. The smallest absolute Gasteiger partial charge is 0.300 e. The van der Waals surface area contributed by atoms with Gasteiger partial charge in [0, 0.05) is 7.05 Å². The van der Waals surface area contributed by atoms with Gasteiger partial charge < -0.3 is 4.90 Å². The first kappa shape index (κ1) is 14.2. The average Bonchev–Trinajstić information content (AvgIpc) is 2.26. The number of carbonyl (C=O) groups is 1. The van der Waals surface area contributed by atoms with E-state index < -0.39 is 29.5 Å². The summed E-state index contributed by atoms with van der Waals surface area (Å²) < 4.78 is 24.3. The topological polar surface area (TPSA) is 76.3 Å². The van der Waals surface area contributed by atoms with Crippen LogP contribution in [0.4, 0.5) is 14.5 Å². The Morgan fingerprint density at radius 1 is 1.67 bits per heavy atom. The van der Waals surface area contributed by atoms with E-state index in [0.29, 0.717) is 4.90 Å². The summed E-state index contributed by atoms with van der Waals surface area (Å²) in [4.78, 5) is 25.8. The highest BCUT2D eigenvalue weighted by Crippen LogP contribution is 2.21. The van der Waals surface area contributed by atoms with Gasteiger partial charge in [-0.2, -0.15) is 0 Å². The molecule has 0 atom stereocenters. The average molecular weight is 280 g/mol. The first-order valence-corrected chi connectivity index (χ1v) is 5.04. The number of alkyl halides is 2. The summed E-state index contributed by atoms with van der Waals surface area (Å²) in [6.07, 6.45) is -1.92. The van der Waals surface area contributed by atoms with Gasteiger partial charge in [-0.3, -0.25) is 14.9 Å². The summed E-state index contributed by atoms with van der Waals surface area (Å²) in [6, 6.07) is 0.976. The first-order chi connectivity index (χ1) is 8.32. The first-order valence-electron chi connectivity index (χ1n) is 4.66. The number of nitrogens with zero attached hydrogens (tertiary/aromatic N) is 3. The van der Waals surface area contributed by atoms with E-state index in [4.69, 9.17) is 11.6 Å². The van der Waals surface area contributed by atoms with Gasteiger partial charge in [0.05, 0.1) is 11.5 Å². The predicted molar refractivity (Wildman–Crippen MR) is 58.9 cm³/mol. The Morgan fingerprint density at radius 2 is 2.28 bits per heavy atom. The molecule has 9 heteroatoms. The fraction of sp³-hybridized carbons (Fsp3) is 0.333. The molecule has 0 aromatic carbocycles. The third-order valence-corrected chi connectivity index (χ3v) is 2.24. The van der Waals surface area contributed by atoms with Crippen molar-refractivity contribution in [3.63, 3.8) is 0 Å². The highest BCUT2D eigenvalue weighted by molar-refractivity contribution is 6.29. The second-order valence-corrected chi connectivity index (χ2v) is 3.75. The summed E-state index contributed by atoms with van der Waals surface area (Å²) in [5.41, 5.74) is -0.950. The molecular weight excluding hydrogens is 272 g/mol. The van der Waals surface area contributed by atoms with Crippen molar-refractivity contribution in [1.82, 2.24) is 9.88 Å². The van der Waals surface area contributed by atoms with Crippen LogP contribution < -0.4 is 0 Å². The Labute approximate surface area is 105 Å². The predicted octanol–water partition coefficient (Wildman–Crippen LogP) is 1.98. The zero-order valence-electron chi connectivity index (χ0n) is 9.14. The molecule has 1 amide bonds. The number of aromatic nitrogens is 1. The van der Waals surface area contributed by atoms with E-state index in [-0.39, 0.29) is 10.7 Å². The second-order valence-electron chi connectivity index (χ2n) is 3.36. The van der Waals surface area contributed by atoms with Crippen molar-refractivity contribution in [2.45, 2.75) is 6.43 Å². The van der Waals surface area contributed by atoms with Crippen molar-refractivity contribution in [1.29, 1.82) is 0 Å². The molecule has 1 rings (SSSR count). The Kier molecular flexibility index (Phi) is 4.49.